The van der Waals surface area contributed by atoms with E-state index < -0.39 is 6.61 Å². The number of aryl methyl sites for hydroxylation is 1. The standard InChI is InChI=1S/C11H10F2O2/c1-2-7-3-4-8-6-14-10(5-9(7)8)15-11(12)13/h3-6,11H,2H2,1H3. The van der Waals surface area contributed by atoms with Crippen LogP contribution in [0.5, 0.6) is 5.95 Å². The Labute approximate surface area is 85.8 Å². The van der Waals surface area contributed by atoms with Crippen molar-refractivity contribution in [2.24, 2.45) is 0 Å². The van der Waals surface area contributed by atoms with Gasteiger partial charge in [-0.1, -0.05) is 19.1 Å². The molecule has 0 saturated heterocycles. The second-order valence-electron chi connectivity index (χ2n) is 3.16. The van der Waals surface area contributed by atoms with E-state index >= 15 is 0 Å². The normalized spacial score (nSPS) is 11.2. The summed E-state index contributed by atoms with van der Waals surface area (Å²) in [5.74, 6) is -0.154. The van der Waals surface area contributed by atoms with Gasteiger partial charge in [-0.3, -0.25) is 0 Å². The zero-order chi connectivity index (χ0) is 10.8. The van der Waals surface area contributed by atoms with Crippen LogP contribution in [0.15, 0.2) is 28.9 Å². The van der Waals surface area contributed by atoms with Gasteiger partial charge in [0.15, 0.2) is 0 Å². The van der Waals surface area contributed by atoms with E-state index in [0.29, 0.717) is 0 Å². The van der Waals surface area contributed by atoms with Gasteiger partial charge in [0.2, 0.25) is 0 Å². The van der Waals surface area contributed by atoms with Crippen LogP contribution in [0.4, 0.5) is 8.78 Å². The van der Waals surface area contributed by atoms with Gasteiger partial charge in [-0.25, -0.2) is 0 Å². The molecule has 1 heterocycles. The van der Waals surface area contributed by atoms with Crippen molar-refractivity contribution in [1.29, 1.82) is 0 Å². The summed E-state index contributed by atoms with van der Waals surface area (Å²) in [6, 6.07) is 5.34. The molecule has 0 atom stereocenters. The van der Waals surface area contributed by atoms with Crippen LogP contribution >= 0.6 is 0 Å². The van der Waals surface area contributed by atoms with Gasteiger partial charge in [0.05, 0.1) is 0 Å². The van der Waals surface area contributed by atoms with Gasteiger partial charge in [0.1, 0.15) is 6.26 Å². The first-order valence-corrected chi connectivity index (χ1v) is 4.65. The number of hydrogen-bond donors (Lipinski definition) is 0. The van der Waals surface area contributed by atoms with Gasteiger partial charge in [-0.2, -0.15) is 8.78 Å². The lowest BCUT2D eigenvalue weighted by Crippen LogP contribution is -2.01. The molecule has 0 bridgehead atoms. The Balaban J connectivity index is 2.39. The maximum atomic E-state index is 11.9. The van der Waals surface area contributed by atoms with Crippen LogP contribution in [-0.2, 0) is 6.42 Å². The molecule has 0 amide bonds. The van der Waals surface area contributed by atoms with Gasteiger partial charge in [0.25, 0.3) is 5.95 Å². The predicted octanol–water partition coefficient (Wildman–Crippen LogP) is 3.55. The average molecular weight is 212 g/mol. The summed E-state index contributed by atoms with van der Waals surface area (Å²) in [5, 5.41) is 0. The number of alkyl halides is 2. The van der Waals surface area contributed by atoms with Crippen LogP contribution in [0.1, 0.15) is 12.5 Å². The van der Waals surface area contributed by atoms with Crippen molar-refractivity contribution in [2.75, 3.05) is 0 Å². The van der Waals surface area contributed by atoms with E-state index in [9.17, 15) is 8.78 Å². The fraction of sp³-hybridized carbons (Fsp3) is 0.273. The molecule has 0 fully saturated rings. The Hall–Kier alpha value is -1.58. The fourth-order valence-electron chi connectivity index (χ4n) is 1.57. The van der Waals surface area contributed by atoms with Gasteiger partial charge in [-0.05, 0) is 17.5 Å². The van der Waals surface area contributed by atoms with Crippen LogP contribution in [0, 0.1) is 0 Å². The zero-order valence-corrected chi connectivity index (χ0v) is 8.17. The Morgan fingerprint density at radius 2 is 2.20 bits per heavy atom. The summed E-state index contributed by atoms with van der Waals surface area (Å²) in [4.78, 5) is 0. The van der Waals surface area contributed by atoms with Gasteiger partial charge in [-0.15, -0.1) is 0 Å². The Morgan fingerprint density at radius 1 is 1.40 bits per heavy atom. The molecule has 0 radical (unpaired) electrons. The van der Waals surface area contributed by atoms with Gasteiger partial charge in [0, 0.05) is 11.6 Å². The minimum Gasteiger partial charge on any atom is -0.433 e. The molecule has 1 aliphatic heterocycles. The molecule has 0 unspecified atom stereocenters. The van der Waals surface area contributed by atoms with Crippen LogP contribution < -0.4 is 4.74 Å². The molecule has 4 heteroatoms. The first kappa shape index (κ1) is 9.96. The van der Waals surface area contributed by atoms with Crippen LogP contribution in [0.25, 0.3) is 11.1 Å². The van der Waals surface area contributed by atoms with E-state index in [2.05, 4.69) is 4.74 Å². The number of hydrogen-bond acceptors (Lipinski definition) is 2. The van der Waals surface area contributed by atoms with Crippen LogP contribution in [0.2, 0.25) is 0 Å². The van der Waals surface area contributed by atoms with E-state index in [4.69, 9.17) is 4.42 Å². The highest BCUT2D eigenvalue weighted by Crippen LogP contribution is 2.32. The quantitative estimate of drug-likeness (QED) is 0.776. The van der Waals surface area contributed by atoms with Gasteiger partial charge < -0.3 is 9.15 Å². The minimum absolute atomic E-state index is 0.154. The van der Waals surface area contributed by atoms with E-state index in [1.165, 1.54) is 12.3 Å². The maximum absolute atomic E-state index is 11.9. The number of fused-ring (bicyclic) bond motifs is 1. The third kappa shape index (κ3) is 1.93. The summed E-state index contributed by atoms with van der Waals surface area (Å²) in [7, 11) is 0. The second-order valence-corrected chi connectivity index (χ2v) is 3.16. The first-order valence-electron chi connectivity index (χ1n) is 4.65. The molecule has 2 rings (SSSR count). The van der Waals surface area contributed by atoms with Crippen molar-refractivity contribution >= 4 is 0 Å². The minimum atomic E-state index is -2.86. The average Bonchev–Trinajstić information content (AvgIpc) is 2.59. The highest BCUT2D eigenvalue weighted by Gasteiger charge is 2.13. The number of ether oxygens (including phenoxy) is 1. The van der Waals surface area contributed by atoms with Crippen molar-refractivity contribution in [3.63, 3.8) is 0 Å². The number of rotatable bonds is 3. The fourth-order valence-corrected chi connectivity index (χ4v) is 1.57. The monoisotopic (exact) mass is 212 g/mol. The van der Waals surface area contributed by atoms with Gasteiger partial charge >= 0.3 is 6.61 Å². The molecule has 0 spiro atoms. The molecule has 0 N–H and O–H groups in total. The molecular formula is C11H10F2O2. The highest BCUT2D eigenvalue weighted by molar-refractivity contribution is 5.70. The maximum Gasteiger partial charge on any atom is 0.389 e. The number of halogens is 2. The lowest BCUT2D eigenvalue weighted by Gasteiger charge is -2.06. The summed E-state index contributed by atoms with van der Waals surface area (Å²) < 4.78 is 33.0. The second kappa shape index (κ2) is 3.88. The van der Waals surface area contributed by atoms with Crippen molar-refractivity contribution in [2.45, 2.75) is 20.0 Å². The van der Waals surface area contributed by atoms with E-state index in [0.717, 1.165) is 23.1 Å². The molecule has 1 aliphatic carbocycles. The van der Waals surface area contributed by atoms with Crippen LogP contribution in [0.3, 0.4) is 0 Å². The molecule has 0 aromatic heterocycles. The molecule has 80 valence electrons. The topological polar surface area (TPSA) is 22.4 Å². The Morgan fingerprint density at radius 3 is 2.87 bits per heavy atom. The largest absolute Gasteiger partial charge is 0.433 e. The highest BCUT2D eigenvalue weighted by atomic mass is 19.3. The summed E-state index contributed by atoms with van der Waals surface area (Å²) in [6.45, 7) is -0.849. The lowest BCUT2D eigenvalue weighted by molar-refractivity contribution is -0.0646. The molecule has 15 heavy (non-hydrogen) atoms. The summed E-state index contributed by atoms with van der Waals surface area (Å²) >= 11 is 0. The molecule has 2 aliphatic rings. The van der Waals surface area contributed by atoms with Crippen molar-refractivity contribution in [3.05, 3.63) is 30.0 Å². The Bertz CT molecular complexity index is 423. The van der Waals surface area contributed by atoms with E-state index in [-0.39, 0.29) is 5.95 Å². The lowest BCUT2D eigenvalue weighted by atomic mass is 10.1. The van der Waals surface area contributed by atoms with Crippen molar-refractivity contribution < 1.29 is 17.9 Å². The third-order valence-corrected chi connectivity index (χ3v) is 2.27. The van der Waals surface area contributed by atoms with Crippen LogP contribution in [-0.4, -0.2) is 6.61 Å². The molecule has 0 aromatic rings. The van der Waals surface area contributed by atoms with Crippen molar-refractivity contribution in [3.8, 4) is 17.1 Å². The predicted molar refractivity (Wildman–Crippen MR) is 51.3 cm³/mol. The Kier molecular flexibility index (Phi) is 2.58. The first-order chi connectivity index (χ1) is 7.20. The summed E-state index contributed by atoms with van der Waals surface area (Å²) in [5.41, 5.74) is 2.90. The van der Waals surface area contributed by atoms with Crippen molar-refractivity contribution in [1.82, 2.24) is 0 Å². The third-order valence-electron chi connectivity index (χ3n) is 2.27. The summed E-state index contributed by atoms with van der Waals surface area (Å²) in [6.07, 6.45) is 2.27. The molecule has 0 saturated carbocycles. The molecule has 2 nitrogen and oxygen atoms in total. The molecular weight excluding hydrogens is 202 g/mol. The SMILES string of the molecule is CCc1ccc2coc(OC(F)F)cc1-2. The van der Waals surface area contributed by atoms with E-state index in [1.54, 1.807) is 0 Å². The molecule has 0 aromatic carbocycles. The van der Waals surface area contributed by atoms with E-state index in [1.807, 2.05) is 19.1 Å². The smallest absolute Gasteiger partial charge is 0.389 e. The zero-order valence-electron chi connectivity index (χ0n) is 8.17.